The molecule has 3 aromatic carbocycles. The number of hydrogen-bond donors (Lipinski definition) is 0. The van der Waals surface area contributed by atoms with Gasteiger partial charge >= 0.3 is 0 Å². The Labute approximate surface area is 208 Å². The van der Waals surface area contributed by atoms with Crippen molar-refractivity contribution in [2.45, 2.75) is 37.3 Å². The fourth-order valence-electron chi connectivity index (χ4n) is 4.34. The van der Waals surface area contributed by atoms with Crippen molar-refractivity contribution in [1.29, 1.82) is 0 Å². The highest BCUT2D eigenvalue weighted by Gasteiger charge is 2.32. The average molecular weight is 493 g/mol. The number of nitrogens with zero attached hydrogens (tertiary/aromatic N) is 2. The molecule has 35 heavy (non-hydrogen) atoms. The molecule has 3 aromatic rings. The maximum Gasteiger partial charge on any atom is 0.243 e. The second-order valence-corrected chi connectivity index (χ2v) is 10.8. The summed E-state index contributed by atoms with van der Waals surface area (Å²) in [6, 6.07) is 26.6. The van der Waals surface area contributed by atoms with Crippen LogP contribution in [0.25, 0.3) is 0 Å². The van der Waals surface area contributed by atoms with Gasteiger partial charge in [-0.25, -0.2) is 8.42 Å². The summed E-state index contributed by atoms with van der Waals surface area (Å²) in [5.41, 5.74) is 3.19. The van der Waals surface area contributed by atoms with Crippen LogP contribution in [0, 0.1) is 6.92 Å². The van der Waals surface area contributed by atoms with Crippen LogP contribution >= 0.6 is 0 Å². The van der Waals surface area contributed by atoms with Gasteiger partial charge in [-0.05, 0) is 36.6 Å². The van der Waals surface area contributed by atoms with Crippen molar-refractivity contribution < 1.29 is 17.9 Å². The molecule has 1 fully saturated rings. The fourth-order valence-corrected chi connectivity index (χ4v) is 5.77. The molecular formula is C28H32N2O4S. The zero-order chi connectivity index (χ0) is 24.7. The van der Waals surface area contributed by atoms with Crippen LogP contribution in [-0.2, 0) is 32.6 Å². The minimum Gasteiger partial charge on any atom is -0.375 e. The first-order valence-electron chi connectivity index (χ1n) is 12.0. The Hall–Kier alpha value is -3.00. The number of aryl methyl sites for hydroxylation is 1. The van der Waals surface area contributed by atoms with Crippen molar-refractivity contribution >= 4 is 15.9 Å². The molecule has 0 N–H and O–H groups in total. The summed E-state index contributed by atoms with van der Waals surface area (Å²) >= 11 is 0. The molecule has 1 saturated heterocycles. The van der Waals surface area contributed by atoms with Crippen molar-refractivity contribution in [1.82, 2.24) is 9.21 Å². The van der Waals surface area contributed by atoms with Crippen LogP contribution in [0.2, 0.25) is 0 Å². The van der Waals surface area contributed by atoms with Crippen LogP contribution in [0.3, 0.4) is 0 Å². The van der Waals surface area contributed by atoms with Crippen molar-refractivity contribution in [2.24, 2.45) is 0 Å². The highest BCUT2D eigenvalue weighted by Crippen LogP contribution is 2.21. The zero-order valence-electron chi connectivity index (χ0n) is 20.0. The number of ether oxygens (including phenoxy) is 1. The molecule has 1 amide bonds. The molecule has 184 valence electrons. The molecule has 1 heterocycles. The number of benzene rings is 3. The van der Waals surface area contributed by atoms with Gasteiger partial charge in [0.05, 0.1) is 24.2 Å². The number of carbonyl (C=O) groups is 1. The summed E-state index contributed by atoms with van der Waals surface area (Å²) in [4.78, 5) is 15.3. The Morgan fingerprint density at radius 2 is 1.46 bits per heavy atom. The largest absolute Gasteiger partial charge is 0.375 e. The van der Waals surface area contributed by atoms with E-state index in [1.807, 2.05) is 72.5 Å². The quantitative estimate of drug-likeness (QED) is 0.452. The zero-order valence-corrected chi connectivity index (χ0v) is 20.9. The molecule has 0 bridgehead atoms. The van der Waals surface area contributed by atoms with Crippen LogP contribution in [-0.4, -0.2) is 55.8 Å². The van der Waals surface area contributed by atoms with E-state index in [0.717, 1.165) is 16.7 Å². The molecular weight excluding hydrogens is 460 g/mol. The predicted molar refractivity (Wildman–Crippen MR) is 136 cm³/mol. The summed E-state index contributed by atoms with van der Waals surface area (Å²) in [7, 11) is -3.66. The molecule has 0 radical (unpaired) electrons. The molecule has 4 rings (SSSR count). The minimum absolute atomic E-state index is 0.0455. The molecule has 0 aliphatic carbocycles. The summed E-state index contributed by atoms with van der Waals surface area (Å²) < 4.78 is 33.9. The van der Waals surface area contributed by atoms with Gasteiger partial charge in [0.15, 0.2) is 0 Å². The summed E-state index contributed by atoms with van der Waals surface area (Å²) in [5.74, 6) is -0.0455. The third-order valence-electron chi connectivity index (χ3n) is 6.32. The Bertz CT molecular complexity index is 1200. The molecule has 6 nitrogen and oxygen atoms in total. The van der Waals surface area contributed by atoms with E-state index in [1.165, 1.54) is 4.31 Å². The maximum atomic E-state index is 13.2. The van der Waals surface area contributed by atoms with Gasteiger partial charge in [0.2, 0.25) is 15.9 Å². The van der Waals surface area contributed by atoms with Crippen LogP contribution in [0.5, 0.6) is 0 Å². The Kier molecular flexibility index (Phi) is 8.33. The third-order valence-corrected chi connectivity index (χ3v) is 8.23. The highest BCUT2D eigenvalue weighted by molar-refractivity contribution is 7.89. The second kappa shape index (κ2) is 11.6. The first-order chi connectivity index (χ1) is 16.9. The van der Waals surface area contributed by atoms with Crippen LogP contribution in [0.1, 0.15) is 23.1 Å². The maximum absolute atomic E-state index is 13.2. The van der Waals surface area contributed by atoms with E-state index in [0.29, 0.717) is 26.2 Å². The summed E-state index contributed by atoms with van der Waals surface area (Å²) in [6.07, 6.45) is 0.793. The van der Waals surface area contributed by atoms with Crippen LogP contribution in [0.15, 0.2) is 89.8 Å². The van der Waals surface area contributed by atoms with Gasteiger partial charge in [-0.1, -0.05) is 78.4 Å². The van der Waals surface area contributed by atoms with Gasteiger partial charge in [0.1, 0.15) is 0 Å². The van der Waals surface area contributed by atoms with Crippen molar-refractivity contribution in [3.63, 3.8) is 0 Å². The first-order valence-corrected chi connectivity index (χ1v) is 13.4. The fraction of sp³-hybridized carbons (Fsp3) is 0.321. The SMILES string of the molecule is Cc1ccc(S(=O)(=O)N2CCC(=O)N([C@H](COCc3ccccc3)Cc3ccccc3)CC2)cc1. The van der Waals surface area contributed by atoms with Gasteiger partial charge in [-0.3, -0.25) is 4.79 Å². The van der Waals surface area contributed by atoms with E-state index in [1.54, 1.807) is 24.3 Å². The van der Waals surface area contributed by atoms with Crippen molar-refractivity contribution in [3.05, 3.63) is 102 Å². The van der Waals surface area contributed by atoms with Crippen molar-refractivity contribution in [2.75, 3.05) is 26.2 Å². The Morgan fingerprint density at radius 1 is 0.829 bits per heavy atom. The molecule has 0 aromatic heterocycles. The minimum atomic E-state index is -3.66. The number of hydrogen-bond acceptors (Lipinski definition) is 4. The van der Waals surface area contributed by atoms with Gasteiger partial charge in [0.25, 0.3) is 0 Å². The molecule has 7 heteroatoms. The highest BCUT2D eigenvalue weighted by atomic mass is 32.2. The Balaban J connectivity index is 1.48. The standard InChI is InChI=1S/C28H32N2O4S/c1-23-12-14-27(15-13-23)35(32,33)29-17-16-28(31)30(19-18-29)26(20-24-8-4-2-5-9-24)22-34-21-25-10-6-3-7-11-25/h2-15,26H,16-22H2,1H3/t26-/m0/s1. The van der Waals surface area contributed by atoms with E-state index in [4.69, 9.17) is 4.74 Å². The van der Waals surface area contributed by atoms with Gasteiger partial charge in [-0.2, -0.15) is 4.31 Å². The van der Waals surface area contributed by atoms with E-state index in [-0.39, 0.29) is 36.4 Å². The molecule has 1 aliphatic heterocycles. The summed E-state index contributed by atoms with van der Waals surface area (Å²) in [6.45, 7) is 3.52. The molecule has 0 saturated carbocycles. The second-order valence-electron chi connectivity index (χ2n) is 8.90. The van der Waals surface area contributed by atoms with Crippen LogP contribution in [0.4, 0.5) is 0 Å². The molecule has 1 aliphatic rings. The number of carbonyl (C=O) groups excluding carboxylic acids is 1. The third kappa shape index (κ3) is 6.57. The smallest absolute Gasteiger partial charge is 0.243 e. The average Bonchev–Trinajstić information content (AvgIpc) is 3.07. The normalized spacial score (nSPS) is 16.1. The monoisotopic (exact) mass is 492 g/mol. The van der Waals surface area contributed by atoms with E-state index >= 15 is 0 Å². The van der Waals surface area contributed by atoms with Gasteiger partial charge in [0, 0.05) is 26.1 Å². The van der Waals surface area contributed by atoms with E-state index in [2.05, 4.69) is 0 Å². The first kappa shape index (κ1) is 25.1. The predicted octanol–water partition coefficient (Wildman–Crippen LogP) is 4.05. The number of rotatable bonds is 9. The topological polar surface area (TPSA) is 66.9 Å². The Morgan fingerprint density at radius 3 is 2.11 bits per heavy atom. The molecule has 1 atom stereocenters. The lowest BCUT2D eigenvalue weighted by Gasteiger charge is -2.31. The molecule has 0 spiro atoms. The van der Waals surface area contributed by atoms with E-state index < -0.39 is 10.0 Å². The van der Waals surface area contributed by atoms with E-state index in [9.17, 15) is 13.2 Å². The number of sulfonamides is 1. The van der Waals surface area contributed by atoms with Gasteiger partial charge < -0.3 is 9.64 Å². The number of amides is 1. The van der Waals surface area contributed by atoms with Crippen molar-refractivity contribution in [3.8, 4) is 0 Å². The summed E-state index contributed by atoms with van der Waals surface area (Å²) in [5, 5.41) is 0. The lowest BCUT2D eigenvalue weighted by Crippen LogP contribution is -2.45. The van der Waals surface area contributed by atoms with Gasteiger partial charge in [-0.15, -0.1) is 0 Å². The lowest BCUT2D eigenvalue weighted by atomic mass is 10.0. The molecule has 0 unspecified atom stereocenters. The van der Waals surface area contributed by atoms with Crippen LogP contribution < -0.4 is 0 Å². The lowest BCUT2D eigenvalue weighted by molar-refractivity contribution is -0.134.